The van der Waals surface area contributed by atoms with Crippen LogP contribution in [0, 0.1) is 19.8 Å². The van der Waals surface area contributed by atoms with E-state index in [9.17, 15) is 14.4 Å². The van der Waals surface area contributed by atoms with Crippen LogP contribution in [0.15, 0.2) is 48.5 Å². The number of ketones is 2. The number of anilines is 1. The van der Waals surface area contributed by atoms with Crippen molar-refractivity contribution >= 4 is 23.2 Å². The Hall–Kier alpha value is -2.75. The molecule has 2 rings (SSSR count). The smallest absolute Gasteiger partial charge is 0.224 e. The van der Waals surface area contributed by atoms with Crippen molar-refractivity contribution in [3.8, 4) is 0 Å². The molecule has 2 aromatic carbocycles. The summed E-state index contributed by atoms with van der Waals surface area (Å²) in [5, 5.41) is 2.79. The summed E-state index contributed by atoms with van der Waals surface area (Å²) in [7, 11) is 0. The van der Waals surface area contributed by atoms with Crippen LogP contribution in [0.3, 0.4) is 0 Å². The maximum absolute atomic E-state index is 12.3. The molecule has 1 N–H and O–H groups in total. The Balaban J connectivity index is 1.87. The maximum atomic E-state index is 12.3. The van der Waals surface area contributed by atoms with Gasteiger partial charge in [-0.25, -0.2) is 0 Å². The molecular weight excluding hydrogens is 314 g/mol. The molecule has 0 heterocycles. The van der Waals surface area contributed by atoms with Crippen molar-refractivity contribution in [3.05, 3.63) is 65.2 Å². The topological polar surface area (TPSA) is 63.2 Å². The number of aryl methyl sites for hydroxylation is 2. The van der Waals surface area contributed by atoms with Crippen molar-refractivity contribution in [1.82, 2.24) is 0 Å². The van der Waals surface area contributed by atoms with Crippen LogP contribution in [-0.4, -0.2) is 17.5 Å². The van der Waals surface area contributed by atoms with Crippen molar-refractivity contribution in [2.75, 3.05) is 5.32 Å². The summed E-state index contributed by atoms with van der Waals surface area (Å²) in [6.45, 7) is 5.58. The van der Waals surface area contributed by atoms with Gasteiger partial charge in [0, 0.05) is 24.1 Å². The van der Waals surface area contributed by atoms with Gasteiger partial charge in [0.25, 0.3) is 0 Å². The van der Waals surface area contributed by atoms with Crippen LogP contribution >= 0.6 is 0 Å². The molecule has 130 valence electrons. The lowest BCUT2D eigenvalue weighted by Crippen LogP contribution is -2.23. The molecule has 1 unspecified atom stereocenters. The molecule has 4 heteroatoms. The number of rotatable bonds is 7. The average Bonchev–Trinajstić information content (AvgIpc) is 2.62. The third kappa shape index (κ3) is 5.11. The van der Waals surface area contributed by atoms with Gasteiger partial charge in [-0.1, -0.05) is 36.4 Å². The molecule has 0 saturated heterocycles. The van der Waals surface area contributed by atoms with Gasteiger partial charge in [-0.15, -0.1) is 0 Å². The van der Waals surface area contributed by atoms with Gasteiger partial charge in [0.1, 0.15) is 5.78 Å². The third-order valence-electron chi connectivity index (χ3n) is 4.32. The Morgan fingerprint density at radius 2 is 1.60 bits per heavy atom. The number of carbonyl (C=O) groups excluding carboxylic acids is 3. The van der Waals surface area contributed by atoms with Crippen LogP contribution in [0.4, 0.5) is 5.69 Å². The molecule has 0 aliphatic carbocycles. The van der Waals surface area contributed by atoms with Crippen LogP contribution < -0.4 is 5.32 Å². The Bertz CT molecular complexity index is 781. The zero-order valence-corrected chi connectivity index (χ0v) is 14.8. The van der Waals surface area contributed by atoms with Gasteiger partial charge in [-0.05, 0) is 44.0 Å². The van der Waals surface area contributed by atoms with E-state index in [2.05, 4.69) is 5.32 Å². The molecule has 0 spiro atoms. The van der Waals surface area contributed by atoms with Crippen molar-refractivity contribution in [3.63, 3.8) is 0 Å². The van der Waals surface area contributed by atoms with Gasteiger partial charge in [0.15, 0.2) is 5.78 Å². The van der Waals surface area contributed by atoms with Crippen molar-refractivity contribution in [2.45, 2.75) is 33.6 Å². The highest BCUT2D eigenvalue weighted by Crippen LogP contribution is 2.16. The third-order valence-corrected chi connectivity index (χ3v) is 4.32. The quantitative estimate of drug-likeness (QED) is 0.611. The van der Waals surface area contributed by atoms with Crippen molar-refractivity contribution in [1.29, 1.82) is 0 Å². The molecule has 0 bridgehead atoms. The summed E-state index contributed by atoms with van der Waals surface area (Å²) in [4.78, 5) is 36.5. The molecule has 0 aliphatic heterocycles. The molecule has 1 atom stereocenters. The molecule has 0 fully saturated rings. The van der Waals surface area contributed by atoms with Crippen LogP contribution in [0.2, 0.25) is 0 Å². The molecular formula is C21H23NO3. The second-order valence-corrected chi connectivity index (χ2v) is 6.27. The largest absolute Gasteiger partial charge is 0.326 e. The minimum absolute atomic E-state index is 0.0520. The fourth-order valence-electron chi connectivity index (χ4n) is 2.49. The lowest BCUT2D eigenvalue weighted by Gasteiger charge is -2.10. The molecule has 0 saturated carbocycles. The number of amides is 1. The van der Waals surface area contributed by atoms with Gasteiger partial charge in [0.05, 0.1) is 5.92 Å². The first kappa shape index (κ1) is 18.6. The van der Waals surface area contributed by atoms with Crippen LogP contribution in [0.1, 0.15) is 41.3 Å². The second-order valence-electron chi connectivity index (χ2n) is 6.27. The van der Waals surface area contributed by atoms with Crippen LogP contribution in [0.5, 0.6) is 0 Å². The molecule has 4 nitrogen and oxygen atoms in total. The summed E-state index contributed by atoms with van der Waals surface area (Å²) >= 11 is 0. The van der Waals surface area contributed by atoms with E-state index in [0.717, 1.165) is 11.1 Å². The zero-order valence-electron chi connectivity index (χ0n) is 14.8. The minimum atomic E-state index is -0.739. The van der Waals surface area contributed by atoms with E-state index in [1.807, 2.05) is 38.1 Å². The minimum Gasteiger partial charge on any atom is -0.326 e. The van der Waals surface area contributed by atoms with Gasteiger partial charge in [-0.3, -0.25) is 14.4 Å². The van der Waals surface area contributed by atoms with E-state index in [1.54, 1.807) is 31.2 Å². The van der Waals surface area contributed by atoms with E-state index in [1.165, 1.54) is 0 Å². The lowest BCUT2D eigenvalue weighted by atomic mass is 9.93. The highest BCUT2D eigenvalue weighted by Gasteiger charge is 2.22. The number of nitrogens with one attached hydrogen (secondary N) is 1. The Labute approximate surface area is 148 Å². The molecule has 0 radical (unpaired) electrons. The molecule has 0 aliphatic rings. The maximum Gasteiger partial charge on any atom is 0.224 e. The van der Waals surface area contributed by atoms with Gasteiger partial charge in [0.2, 0.25) is 5.91 Å². The highest BCUT2D eigenvalue weighted by molar-refractivity contribution is 6.10. The first-order valence-electron chi connectivity index (χ1n) is 8.37. The highest BCUT2D eigenvalue weighted by atomic mass is 16.2. The van der Waals surface area contributed by atoms with Crippen LogP contribution in [-0.2, 0) is 9.59 Å². The Kier molecular flexibility index (Phi) is 6.23. The molecule has 1 amide bonds. The van der Waals surface area contributed by atoms with E-state index in [-0.39, 0.29) is 30.3 Å². The number of hydrogen-bond donors (Lipinski definition) is 1. The summed E-state index contributed by atoms with van der Waals surface area (Å²) in [5.41, 5.74) is 3.48. The van der Waals surface area contributed by atoms with Crippen molar-refractivity contribution in [2.24, 2.45) is 5.92 Å². The fourth-order valence-corrected chi connectivity index (χ4v) is 2.49. The van der Waals surface area contributed by atoms with E-state index in [4.69, 9.17) is 0 Å². The zero-order chi connectivity index (χ0) is 18.4. The van der Waals surface area contributed by atoms with E-state index in [0.29, 0.717) is 11.3 Å². The number of carbonyl (C=O) groups is 3. The number of Topliss-reactive ketones (excluding diaryl/α,β-unsaturated/α-hetero) is 2. The first-order chi connectivity index (χ1) is 11.9. The lowest BCUT2D eigenvalue weighted by molar-refractivity contribution is -0.124. The fraction of sp³-hybridized carbons (Fsp3) is 0.286. The van der Waals surface area contributed by atoms with E-state index < -0.39 is 5.92 Å². The predicted molar refractivity (Wildman–Crippen MR) is 98.7 cm³/mol. The second kappa shape index (κ2) is 8.38. The number of hydrogen-bond acceptors (Lipinski definition) is 3. The number of benzene rings is 2. The summed E-state index contributed by atoms with van der Waals surface area (Å²) in [5.74, 6) is -1.39. The normalized spacial score (nSPS) is 11.6. The average molecular weight is 337 g/mol. The van der Waals surface area contributed by atoms with Gasteiger partial charge >= 0.3 is 0 Å². The summed E-state index contributed by atoms with van der Waals surface area (Å²) < 4.78 is 0. The predicted octanol–water partition coefficient (Wildman–Crippen LogP) is 4.11. The Morgan fingerprint density at radius 3 is 2.24 bits per heavy atom. The summed E-state index contributed by atoms with van der Waals surface area (Å²) in [6.07, 6.45) is 0.120. The van der Waals surface area contributed by atoms with Gasteiger partial charge < -0.3 is 5.32 Å². The SMILES string of the molecule is Cc1ccc(NC(=O)CCC(=O)C(C)C(=O)c2ccccc2)cc1C. The van der Waals surface area contributed by atoms with Gasteiger partial charge in [-0.2, -0.15) is 0 Å². The standard InChI is InChI=1S/C21H23NO3/c1-14-9-10-18(13-15(14)2)22-20(24)12-11-19(23)16(3)21(25)17-7-5-4-6-8-17/h4-10,13,16H,11-12H2,1-3H3,(H,22,24). The molecule has 0 aromatic heterocycles. The monoisotopic (exact) mass is 337 g/mol. The van der Waals surface area contributed by atoms with Crippen molar-refractivity contribution < 1.29 is 14.4 Å². The Morgan fingerprint density at radius 1 is 0.920 bits per heavy atom. The van der Waals surface area contributed by atoms with Crippen LogP contribution in [0.25, 0.3) is 0 Å². The molecule has 25 heavy (non-hydrogen) atoms. The molecule has 2 aromatic rings. The summed E-state index contributed by atoms with van der Waals surface area (Å²) in [6, 6.07) is 14.4. The first-order valence-corrected chi connectivity index (χ1v) is 8.37. The van der Waals surface area contributed by atoms with E-state index >= 15 is 0 Å².